The SMILES string of the molecule is Cc1ncoc1C(=O)NCCc1cccc(C(=O)O)c1. The highest BCUT2D eigenvalue weighted by molar-refractivity contribution is 5.92. The molecule has 1 aromatic heterocycles. The lowest BCUT2D eigenvalue weighted by atomic mass is 10.1. The van der Waals surface area contributed by atoms with Gasteiger partial charge in [0.15, 0.2) is 6.39 Å². The Bertz CT molecular complexity index is 634. The van der Waals surface area contributed by atoms with Gasteiger partial charge < -0.3 is 14.8 Å². The number of oxazole rings is 1. The Morgan fingerprint density at radius 2 is 2.20 bits per heavy atom. The normalized spacial score (nSPS) is 10.2. The van der Waals surface area contributed by atoms with Crippen molar-refractivity contribution in [3.05, 3.63) is 53.2 Å². The average Bonchev–Trinajstić information content (AvgIpc) is 2.85. The number of aryl methyl sites for hydroxylation is 1. The fourth-order valence-electron chi connectivity index (χ4n) is 1.78. The van der Waals surface area contributed by atoms with Gasteiger partial charge in [0.25, 0.3) is 5.91 Å². The van der Waals surface area contributed by atoms with Gasteiger partial charge in [-0.25, -0.2) is 9.78 Å². The Hall–Kier alpha value is -2.63. The number of carbonyl (C=O) groups excluding carboxylic acids is 1. The summed E-state index contributed by atoms with van der Waals surface area (Å²) in [6, 6.07) is 6.62. The highest BCUT2D eigenvalue weighted by atomic mass is 16.4. The van der Waals surface area contributed by atoms with E-state index >= 15 is 0 Å². The smallest absolute Gasteiger partial charge is 0.335 e. The van der Waals surface area contributed by atoms with Crippen molar-refractivity contribution in [3.63, 3.8) is 0 Å². The Balaban J connectivity index is 1.90. The minimum absolute atomic E-state index is 0.198. The van der Waals surface area contributed by atoms with Crippen molar-refractivity contribution in [1.29, 1.82) is 0 Å². The van der Waals surface area contributed by atoms with Crippen molar-refractivity contribution in [2.45, 2.75) is 13.3 Å². The zero-order valence-electron chi connectivity index (χ0n) is 10.9. The molecule has 0 aliphatic heterocycles. The lowest BCUT2D eigenvalue weighted by Crippen LogP contribution is -2.26. The second-order valence-corrected chi connectivity index (χ2v) is 4.28. The minimum atomic E-state index is -0.965. The van der Waals surface area contributed by atoms with E-state index < -0.39 is 5.97 Å². The van der Waals surface area contributed by atoms with Gasteiger partial charge in [0.1, 0.15) is 0 Å². The van der Waals surface area contributed by atoms with E-state index in [-0.39, 0.29) is 17.2 Å². The average molecular weight is 274 g/mol. The van der Waals surface area contributed by atoms with Crippen molar-refractivity contribution in [1.82, 2.24) is 10.3 Å². The van der Waals surface area contributed by atoms with E-state index in [9.17, 15) is 9.59 Å². The maximum absolute atomic E-state index is 11.8. The van der Waals surface area contributed by atoms with Crippen LogP contribution in [-0.2, 0) is 6.42 Å². The molecule has 0 spiro atoms. The van der Waals surface area contributed by atoms with Crippen molar-refractivity contribution in [3.8, 4) is 0 Å². The molecule has 0 saturated carbocycles. The first-order valence-electron chi connectivity index (χ1n) is 6.08. The third-order valence-electron chi connectivity index (χ3n) is 2.82. The first-order chi connectivity index (χ1) is 9.58. The third kappa shape index (κ3) is 3.23. The van der Waals surface area contributed by atoms with Crippen LogP contribution in [0.5, 0.6) is 0 Å². The number of carboxylic acids is 1. The standard InChI is InChI=1S/C14H14N2O4/c1-9-12(20-8-16-9)13(17)15-6-5-10-3-2-4-11(7-10)14(18)19/h2-4,7-8H,5-6H2,1H3,(H,15,17)(H,18,19). The topological polar surface area (TPSA) is 92.4 Å². The molecule has 104 valence electrons. The summed E-state index contributed by atoms with van der Waals surface area (Å²) in [6.07, 6.45) is 1.76. The first kappa shape index (κ1) is 13.8. The van der Waals surface area contributed by atoms with Gasteiger partial charge in [-0.2, -0.15) is 0 Å². The number of carbonyl (C=O) groups is 2. The van der Waals surface area contributed by atoms with Gasteiger partial charge in [-0.05, 0) is 31.0 Å². The van der Waals surface area contributed by atoms with Crippen LogP contribution < -0.4 is 5.32 Å². The molecule has 0 atom stereocenters. The van der Waals surface area contributed by atoms with E-state index in [0.717, 1.165) is 5.56 Å². The summed E-state index contributed by atoms with van der Waals surface area (Å²) >= 11 is 0. The molecule has 6 nitrogen and oxygen atoms in total. The molecule has 6 heteroatoms. The second kappa shape index (κ2) is 6.01. The number of aromatic carboxylic acids is 1. The fraction of sp³-hybridized carbons (Fsp3) is 0.214. The molecule has 0 aliphatic carbocycles. The minimum Gasteiger partial charge on any atom is -0.478 e. The van der Waals surface area contributed by atoms with Gasteiger partial charge >= 0.3 is 5.97 Å². The highest BCUT2D eigenvalue weighted by Crippen LogP contribution is 2.07. The van der Waals surface area contributed by atoms with E-state index in [0.29, 0.717) is 18.7 Å². The molecule has 2 aromatic rings. The van der Waals surface area contributed by atoms with Crippen LogP contribution in [0.2, 0.25) is 0 Å². The Morgan fingerprint density at radius 3 is 2.85 bits per heavy atom. The largest absolute Gasteiger partial charge is 0.478 e. The third-order valence-corrected chi connectivity index (χ3v) is 2.82. The summed E-state index contributed by atoms with van der Waals surface area (Å²) in [7, 11) is 0. The van der Waals surface area contributed by atoms with Crippen LogP contribution >= 0.6 is 0 Å². The summed E-state index contributed by atoms with van der Waals surface area (Å²) < 4.78 is 4.98. The quantitative estimate of drug-likeness (QED) is 0.864. The number of nitrogens with one attached hydrogen (secondary N) is 1. The van der Waals surface area contributed by atoms with Crippen LogP contribution in [0.1, 0.15) is 32.2 Å². The van der Waals surface area contributed by atoms with Crippen LogP contribution in [0.25, 0.3) is 0 Å². The molecule has 1 heterocycles. The first-order valence-corrected chi connectivity index (χ1v) is 6.08. The number of hydrogen-bond donors (Lipinski definition) is 2. The van der Waals surface area contributed by atoms with Crippen molar-refractivity contribution >= 4 is 11.9 Å². The molecule has 0 radical (unpaired) electrons. The van der Waals surface area contributed by atoms with Gasteiger partial charge in [-0.15, -0.1) is 0 Å². The number of amides is 1. The summed E-state index contributed by atoms with van der Waals surface area (Å²) in [5.74, 6) is -1.09. The highest BCUT2D eigenvalue weighted by Gasteiger charge is 2.13. The molecular weight excluding hydrogens is 260 g/mol. The predicted molar refractivity (Wildman–Crippen MR) is 70.7 cm³/mol. The lowest BCUT2D eigenvalue weighted by Gasteiger charge is -2.04. The Morgan fingerprint density at radius 1 is 1.40 bits per heavy atom. The van der Waals surface area contributed by atoms with Crippen molar-refractivity contribution < 1.29 is 19.1 Å². The monoisotopic (exact) mass is 274 g/mol. The molecule has 2 N–H and O–H groups in total. The zero-order valence-corrected chi connectivity index (χ0v) is 10.9. The van der Waals surface area contributed by atoms with Gasteiger partial charge in [-0.1, -0.05) is 12.1 Å². The summed E-state index contributed by atoms with van der Waals surface area (Å²) in [5, 5.41) is 11.6. The Kier molecular flexibility index (Phi) is 4.14. The second-order valence-electron chi connectivity index (χ2n) is 4.28. The van der Waals surface area contributed by atoms with Crippen LogP contribution in [0.3, 0.4) is 0 Å². The van der Waals surface area contributed by atoms with Crippen molar-refractivity contribution in [2.75, 3.05) is 6.54 Å². The number of benzene rings is 1. The summed E-state index contributed by atoms with van der Waals surface area (Å²) in [4.78, 5) is 26.4. The van der Waals surface area contributed by atoms with E-state index in [2.05, 4.69) is 10.3 Å². The molecular formula is C14H14N2O4. The van der Waals surface area contributed by atoms with Crippen molar-refractivity contribution in [2.24, 2.45) is 0 Å². The van der Waals surface area contributed by atoms with Crippen LogP contribution in [-0.4, -0.2) is 28.5 Å². The molecule has 1 amide bonds. The van der Waals surface area contributed by atoms with E-state index in [1.54, 1.807) is 19.1 Å². The maximum atomic E-state index is 11.8. The molecule has 0 fully saturated rings. The number of carboxylic acid groups (broad SMARTS) is 1. The number of nitrogens with zero attached hydrogens (tertiary/aromatic N) is 1. The van der Waals surface area contributed by atoms with Crippen LogP contribution in [0.4, 0.5) is 0 Å². The molecule has 20 heavy (non-hydrogen) atoms. The summed E-state index contributed by atoms with van der Waals surface area (Å²) in [6.45, 7) is 2.08. The maximum Gasteiger partial charge on any atom is 0.335 e. The number of aromatic nitrogens is 1. The van der Waals surface area contributed by atoms with Gasteiger partial charge in [0.2, 0.25) is 5.76 Å². The molecule has 0 bridgehead atoms. The lowest BCUT2D eigenvalue weighted by molar-refractivity contribution is 0.0696. The van der Waals surface area contributed by atoms with Gasteiger partial charge in [-0.3, -0.25) is 4.79 Å². The van der Waals surface area contributed by atoms with E-state index in [1.165, 1.54) is 12.5 Å². The molecule has 0 unspecified atom stereocenters. The molecule has 1 aromatic carbocycles. The predicted octanol–water partition coefficient (Wildman–Crippen LogP) is 1.65. The Labute approximate surface area is 115 Å². The molecule has 0 aliphatic rings. The van der Waals surface area contributed by atoms with E-state index in [1.807, 2.05) is 6.07 Å². The van der Waals surface area contributed by atoms with Crippen LogP contribution in [0, 0.1) is 6.92 Å². The van der Waals surface area contributed by atoms with Crippen LogP contribution in [0.15, 0.2) is 35.1 Å². The number of hydrogen-bond acceptors (Lipinski definition) is 4. The van der Waals surface area contributed by atoms with Gasteiger partial charge in [0, 0.05) is 6.54 Å². The van der Waals surface area contributed by atoms with Gasteiger partial charge in [0.05, 0.1) is 11.3 Å². The van der Waals surface area contributed by atoms with E-state index in [4.69, 9.17) is 9.52 Å². The summed E-state index contributed by atoms with van der Waals surface area (Å²) in [5.41, 5.74) is 1.62. The number of rotatable bonds is 5. The molecule has 0 saturated heterocycles. The zero-order chi connectivity index (χ0) is 14.5. The fourth-order valence-corrected chi connectivity index (χ4v) is 1.78. The molecule has 2 rings (SSSR count).